The quantitative estimate of drug-likeness (QED) is 0.103. The van der Waals surface area contributed by atoms with Crippen molar-refractivity contribution in [3.8, 4) is 22.8 Å². The van der Waals surface area contributed by atoms with Crippen LogP contribution in [-0.4, -0.2) is 32.5 Å². The normalized spacial score (nSPS) is 11.7. The van der Waals surface area contributed by atoms with Gasteiger partial charge < -0.3 is 10.1 Å². The van der Waals surface area contributed by atoms with Gasteiger partial charge in [0.2, 0.25) is 0 Å². The molecule has 0 aliphatic carbocycles. The molecule has 1 heterocycles. The number of thiocarbonyl (C=S) groups is 1. The first-order valence-electron chi connectivity index (χ1n) is 12.3. The number of aryl methyl sites for hydroxylation is 1. The van der Waals surface area contributed by atoms with E-state index in [2.05, 4.69) is 44.5 Å². The second-order valence-electron chi connectivity index (χ2n) is 8.96. The molecule has 4 rings (SSSR count). The van der Waals surface area contributed by atoms with Gasteiger partial charge in [0.05, 0.1) is 17.5 Å². The number of aromatic nitrogens is 3. The lowest BCUT2D eigenvalue weighted by atomic mass is 10.0. The van der Waals surface area contributed by atoms with Crippen LogP contribution in [0.25, 0.3) is 17.1 Å². The zero-order valence-electron chi connectivity index (χ0n) is 21.8. The fourth-order valence-corrected chi connectivity index (χ4v) is 4.07. The van der Waals surface area contributed by atoms with E-state index in [4.69, 9.17) is 12.2 Å². The number of halogens is 4. The fourth-order valence-electron chi connectivity index (χ4n) is 3.91. The number of nitrogens with zero attached hydrogens (tertiary/aromatic N) is 4. The zero-order chi connectivity index (χ0) is 28.9. The van der Waals surface area contributed by atoms with Gasteiger partial charge in [0, 0.05) is 12.1 Å². The number of rotatable bonds is 8. The van der Waals surface area contributed by atoms with Crippen LogP contribution in [0.1, 0.15) is 43.6 Å². The van der Waals surface area contributed by atoms with Gasteiger partial charge in [-0.2, -0.15) is 5.10 Å². The van der Waals surface area contributed by atoms with E-state index in [0.717, 1.165) is 11.3 Å². The average molecular weight is 571 g/mol. The molecular formula is C28H26F4N6OS. The summed E-state index contributed by atoms with van der Waals surface area (Å²) in [6, 6.07) is 17.5. The van der Waals surface area contributed by atoms with Crippen LogP contribution < -0.4 is 15.5 Å². The van der Waals surface area contributed by atoms with E-state index >= 15 is 4.39 Å². The number of hydrazone groups is 1. The highest BCUT2D eigenvalue weighted by Crippen LogP contribution is 2.26. The van der Waals surface area contributed by atoms with Crippen molar-refractivity contribution in [2.75, 3.05) is 5.32 Å². The van der Waals surface area contributed by atoms with Crippen molar-refractivity contribution in [1.29, 1.82) is 0 Å². The average Bonchev–Trinajstić information content (AvgIpc) is 3.32. The molecule has 0 radical (unpaired) electrons. The van der Waals surface area contributed by atoms with Gasteiger partial charge in [0.25, 0.3) is 0 Å². The fraction of sp³-hybridized carbons (Fsp3) is 0.214. The molecule has 0 atom stereocenters. The third-order valence-electron chi connectivity index (χ3n) is 5.75. The molecule has 0 amide bonds. The van der Waals surface area contributed by atoms with E-state index in [1.807, 2.05) is 31.2 Å². The molecule has 0 saturated carbocycles. The molecule has 4 aromatic rings. The predicted molar refractivity (Wildman–Crippen MR) is 150 cm³/mol. The van der Waals surface area contributed by atoms with Crippen molar-refractivity contribution in [3.05, 3.63) is 89.5 Å². The van der Waals surface area contributed by atoms with Crippen LogP contribution in [0.4, 0.5) is 23.2 Å². The molecule has 0 bridgehead atoms. The number of hydrogen-bond donors (Lipinski definition) is 2. The van der Waals surface area contributed by atoms with Crippen LogP contribution in [0.2, 0.25) is 0 Å². The van der Waals surface area contributed by atoms with Gasteiger partial charge in [0.1, 0.15) is 17.4 Å². The lowest BCUT2D eigenvalue weighted by molar-refractivity contribution is -0.274. The first kappa shape index (κ1) is 28.7. The predicted octanol–water partition coefficient (Wildman–Crippen LogP) is 6.98. The Hall–Kier alpha value is -4.32. The maximum atomic E-state index is 15.1. The lowest BCUT2D eigenvalue weighted by Crippen LogP contribution is -2.24. The summed E-state index contributed by atoms with van der Waals surface area (Å²) in [5, 5.41) is 11.9. The van der Waals surface area contributed by atoms with Gasteiger partial charge in [-0.1, -0.05) is 45.0 Å². The number of nitrogens with one attached hydrogen (secondary N) is 2. The monoisotopic (exact) mass is 570 g/mol. The summed E-state index contributed by atoms with van der Waals surface area (Å²) in [5.74, 6) is 0.0346. The van der Waals surface area contributed by atoms with Crippen LogP contribution >= 0.6 is 12.2 Å². The van der Waals surface area contributed by atoms with E-state index < -0.39 is 12.2 Å². The second kappa shape index (κ2) is 12.2. The van der Waals surface area contributed by atoms with Crippen LogP contribution in [0.15, 0.2) is 71.8 Å². The SMILES string of the molecule is CCc1nc(-c2ccc(C=NNC(=S)Nc3ccccc3C(C)C)cc2F)nn1-c1ccc(OC(F)(F)F)cc1. The van der Waals surface area contributed by atoms with Crippen molar-refractivity contribution in [3.63, 3.8) is 0 Å². The van der Waals surface area contributed by atoms with E-state index in [-0.39, 0.29) is 17.1 Å². The molecule has 2 N–H and O–H groups in total. The summed E-state index contributed by atoms with van der Waals surface area (Å²) >= 11 is 5.32. The van der Waals surface area contributed by atoms with Crippen molar-refractivity contribution in [2.24, 2.45) is 5.10 Å². The third kappa shape index (κ3) is 7.20. The summed E-state index contributed by atoms with van der Waals surface area (Å²) in [7, 11) is 0. The Bertz CT molecular complexity index is 1520. The number of hydrogen-bond acceptors (Lipinski definition) is 5. The Balaban J connectivity index is 1.46. The molecule has 40 heavy (non-hydrogen) atoms. The van der Waals surface area contributed by atoms with E-state index in [1.54, 1.807) is 6.07 Å². The Morgan fingerprint density at radius 2 is 1.82 bits per heavy atom. The maximum Gasteiger partial charge on any atom is 0.573 e. The van der Waals surface area contributed by atoms with Gasteiger partial charge in [-0.15, -0.1) is 18.3 Å². The van der Waals surface area contributed by atoms with Crippen LogP contribution in [-0.2, 0) is 6.42 Å². The minimum Gasteiger partial charge on any atom is -0.406 e. The molecular weight excluding hydrogens is 544 g/mol. The molecule has 12 heteroatoms. The minimum absolute atomic E-state index is 0.140. The topological polar surface area (TPSA) is 76.4 Å². The summed E-state index contributed by atoms with van der Waals surface area (Å²) in [6.45, 7) is 6.02. The highest BCUT2D eigenvalue weighted by Gasteiger charge is 2.31. The van der Waals surface area contributed by atoms with E-state index in [1.165, 1.54) is 47.3 Å². The molecule has 7 nitrogen and oxygen atoms in total. The molecule has 1 aromatic heterocycles. The Kier molecular flexibility index (Phi) is 8.78. The van der Waals surface area contributed by atoms with Crippen LogP contribution in [0, 0.1) is 5.82 Å². The largest absolute Gasteiger partial charge is 0.573 e. The van der Waals surface area contributed by atoms with Crippen molar-refractivity contribution in [1.82, 2.24) is 20.2 Å². The Labute approximate surface area is 233 Å². The highest BCUT2D eigenvalue weighted by molar-refractivity contribution is 7.80. The summed E-state index contributed by atoms with van der Waals surface area (Å²) < 4.78 is 57.8. The van der Waals surface area contributed by atoms with Gasteiger partial charge in [-0.3, -0.25) is 5.43 Å². The maximum absolute atomic E-state index is 15.1. The molecule has 208 valence electrons. The van der Waals surface area contributed by atoms with Crippen molar-refractivity contribution >= 4 is 29.2 Å². The summed E-state index contributed by atoms with van der Waals surface area (Å²) in [6.07, 6.45) is -2.89. The molecule has 0 aliphatic heterocycles. The van der Waals surface area contributed by atoms with E-state index in [9.17, 15) is 13.2 Å². The lowest BCUT2D eigenvalue weighted by Gasteiger charge is -2.14. The number of para-hydroxylation sites is 1. The number of alkyl halides is 3. The molecule has 0 unspecified atom stereocenters. The first-order valence-corrected chi connectivity index (χ1v) is 12.8. The molecule has 3 aromatic carbocycles. The van der Waals surface area contributed by atoms with Gasteiger partial charge in [-0.05, 0) is 71.7 Å². The minimum atomic E-state index is -4.79. The van der Waals surface area contributed by atoms with Crippen molar-refractivity contribution in [2.45, 2.75) is 39.5 Å². The Morgan fingerprint density at radius 1 is 1.10 bits per heavy atom. The van der Waals surface area contributed by atoms with E-state index in [0.29, 0.717) is 34.5 Å². The highest BCUT2D eigenvalue weighted by atomic mass is 32.1. The Morgan fingerprint density at radius 3 is 2.48 bits per heavy atom. The standard InChI is InChI=1S/C28H26F4N6OS/c1-4-25-35-26(37-38(25)19-10-12-20(13-11-19)39-28(30,31)32)22-14-9-18(15-23(22)29)16-33-36-27(40)34-24-8-6-5-7-21(24)17(2)3/h5-17H,4H2,1-3H3,(H2,34,36,40). The first-order chi connectivity index (χ1) is 19.0. The smallest absolute Gasteiger partial charge is 0.406 e. The van der Waals surface area contributed by atoms with Gasteiger partial charge in [-0.25, -0.2) is 14.1 Å². The number of benzene rings is 3. The molecule has 0 fully saturated rings. The van der Waals surface area contributed by atoms with Crippen molar-refractivity contribution < 1.29 is 22.3 Å². The second-order valence-corrected chi connectivity index (χ2v) is 9.37. The number of anilines is 1. The van der Waals surface area contributed by atoms with Crippen LogP contribution in [0.3, 0.4) is 0 Å². The molecule has 0 spiro atoms. The number of ether oxygens (including phenoxy) is 1. The molecule has 0 saturated heterocycles. The summed E-state index contributed by atoms with van der Waals surface area (Å²) in [4.78, 5) is 4.42. The van der Waals surface area contributed by atoms with Crippen LogP contribution in [0.5, 0.6) is 5.75 Å². The zero-order valence-corrected chi connectivity index (χ0v) is 22.6. The summed E-state index contributed by atoms with van der Waals surface area (Å²) in [5.41, 5.74) is 5.83. The molecule has 0 aliphatic rings. The third-order valence-corrected chi connectivity index (χ3v) is 5.94. The van der Waals surface area contributed by atoms with Gasteiger partial charge in [0.15, 0.2) is 10.9 Å². The van der Waals surface area contributed by atoms with Gasteiger partial charge >= 0.3 is 6.36 Å².